The Bertz CT molecular complexity index is 852. The second kappa shape index (κ2) is 5.44. The van der Waals surface area contributed by atoms with Gasteiger partial charge in [-0.2, -0.15) is 0 Å². The van der Waals surface area contributed by atoms with E-state index in [1.54, 1.807) is 22.6 Å². The highest BCUT2D eigenvalue weighted by atomic mass is 16.5. The van der Waals surface area contributed by atoms with Crippen LogP contribution in [0.4, 0.5) is 0 Å². The summed E-state index contributed by atoms with van der Waals surface area (Å²) in [5.74, 6) is -0.422. The maximum Gasteiger partial charge on any atom is 0.314 e. The highest BCUT2D eigenvalue weighted by Gasteiger charge is 2.68. The van der Waals surface area contributed by atoms with Crippen molar-refractivity contribution in [3.05, 3.63) is 33.7 Å². The minimum Gasteiger partial charge on any atom is -0.469 e. The third-order valence-corrected chi connectivity index (χ3v) is 6.62. The van der Waals surface area contributed by atoms with Crippen LogP contribution >= 0.6 is 0 Å². The summed E-state index contributed by atoms with van der Waals surface area (Å²) in [7, 11) is 1.40. The standard InChI is InChI=1S/C20H26N2O4/c1-12-7-8-22(13-5-6-13)17(24)15(12)16(23)21-9-14-19(2,3)10-20(14,11-21)18(25)26-4/h7-8,13-14H,5-6,9-11H2,1-4H3/t14-,20+/m1/s1. The molecule has 6 nitrogen and oxygen atoms in total. The third-order valence-electron chi connectivity index (χ3n) is 6.62. The Morgan fingerprint density at radius 1 is 1.27 bits per heavy atom. The third kappa shape index (κ3) is 2.27. The zero-order valence-corrected chi connectivity index (χ0v) is 15.9. The van der Waals surface area contributed by atoms with Crippen LogP contribution in [-0.4, -0.2) is 41.5 Å². The van der Waals surface area contributed by atoms with E-state index in [1.807, 2.05) is 6.07 Å². The summed E-state index contributed by atoms with van der Waals surface area (Å²) in [6.07, 6.45) is 4.48. The number of esters is 1. The van der Waals surface area contributed by atoms with Gasteiger partial charge in [-0.3, -0.25) is 14.4 Å². The van der Waals surface area contributed by atoms with Crippen LogP contribution < -0.4 is 5.56 Å². The second-order valence-electron chi connectivity index (χ2n) is 8.87. The summed E-state index contributed by atoms with van der Waals surface area (Å²) in [5, 5.41) is 0. The van der Waals surface area contributed by atoms with E-state index in [0.29, 0.717) is 25.1 Å². The average Bonchev–Trinajstić information content (AvgIpc) is 3.35. The second-order valence-corrected chi connectivity index (χ2v) is 8.87. The number of carbonyl (C=O) groups excluding carboxylic acids is 2. The summed E-state index contributed by atoms with van der Waals surface area (Å²) in [4.78, 5) is 40.2. The van der Waals surface area contributed by atoms with Crippen LogP contribution in [0, 0.1) is 23.7 Å². The van der Waals surface area contributed by atoms with Crippen LogP contribution in [0.15, 0.2) is 17.1 Å². The Kier molecular flexibility index (Phi) is 3.62. The number of amides is 1. The van der Waals surface area contributed by atoms with Crippen molar-refractivity contribution in [1.82, 2.24) is 9.47 Å². The van der Waals surface area contributed by atoms with Gasteiger partial charge in [0.25, 0.3) is 11.5 Å². The summed E-state index contributed by atoms with van der Waals surface area (Å²) < 4.78 is 6.73. The number of rotatable bonds is 3. The van der Waals surface area contributed by atoms with E-state index in [2.05, 4.69) is 13.8 Å². The van der Waals surface area contributed by atoms with Gasteiger partial charge in [-0.25, -0.2) is 0 Å². The molecule has 3 fully saturated rings. The number of nitrogens with zero attached hydrogens (tertiary/aromatic N) is 2. The monoisotopic (exact) mass is 358 g/mol. The van der Waals surface area contributed by atoms with Gasteiger partial charge in [0.1, 0.15) is 5.56 Å². The van der Waals surface area contributed by atoms with Crippen molar-refractivity contribution in [1.29, 1.82) is 0 Å². The van der Waals surface area contributed by atoms with Crippen LogP contribution in [-0.2, 0) is 9.53 Å². The number of hydrogen-bond acceptors (Lipinski definition) is 4. The van der Waals surface area contributed by atoms with Gasteiger partial charge in [0.2, 0.25) is 0 Å². The van der Waals surface area contributed by atoms with Crippen LogP contribution in [0.1, 0.15) is 55.1 Å². The van der Waals surface area contributed by atoms with Gasteiger partial charge >= 0.3 is 5.97 Å². The lowest BCUT2D eigenvalue weighted by Gasteiger charge is -2.54. The number of likely N-dealkylation sites (tertiary alicyclic amines) is 1. The fraction of sp³-hybridized carbons (Fsp3) is 0.650. The van der Waals surface area contributed by atoms with Crippen molar-refractivity contribution in [3.8, 4) is 0 Å². The Morgan fingerprint density at radius 3 is 2.54 bits per heavy atom. The zero-order valence-electron chi connectivity index (χ0n) is 15.9. The van der Waals surface area contributed by atoms with E-state index >= 15 is 0 Å². The first-order valence-corrected chi connectivity index (χ1v) is 9.31. The Labute approximate surface area is 153 Å². The SMILES string of the molecule is COC(=O)[C@@]12CN(C(=O)c3c(C)ccn(C4CC4)c3=O)C[C@@H]1C(C)(C)C2. The van der Waals surface area contributed by atoms with Gasteiger partial charge in [0.15, 0.2) is 0 Å². The molecule has 1 aromatic rings. The first-order valence-electron chi connectivity index (χ1n) is 9.31. The van der Waals surface area contributed by atoms with Gasteiger partial charge in [0, 0.05) is 25.3 Å². The maximum absolute atomic E-state index is 13.2. The quantitative estimate of drug-likeness (QED) is 0.777. The summed E-state index contributed by atoms with van der Waals surface area (Å²) in [5.41, 5.74) is 0.110. The molecule has 1 saturated heterocycles. The Morgan fingerprint density at radius 2 is 1.96 bits per heavy atom. The molecule has 140 valence electrons. The summed E-state index contributed by atoms with van der Waals surface area (Å²) >= 11 is 0. The molecule has 0 N–H and O–H groups in total. The number of aryl methyl sites for hydroxylation is 1. The average molecular weight is 358 g/mol. The minimum absolute atomic E-state index is 0.0107. The Hall–Kier alpha value is -2.11. The number of methoxy groups -OCH3 is 1. The van der Waals surface area contributed by atoms with Crippen molar-refractivity contribution < 1.29 is 14.3 Å². The fourth-order valence-electron chi connectivity index (χ4n) is 5.23. The molecule has 2 saturated carbocycles. The van der Waals surface area contributed by atoms with E-state index in [0.717, 1.165) is 12.8 Å². The number of ether oxygens (including phenoxy) is 1. The van der Waals surface area contributed by atoms with E-state index in [9.17, 15) is 14.4 Å². The molecule has 0 unspecified atom stereocenters. The minimum atomic E-state index is -0.619. The molecular formula is C20H26N2O4. The molecule has 1 amide bonds. The fourth-order valence-corrected chi connectivity index (χ4v) is 5.23. The van der Waals surface area contributed by atoms with Crippen molar-refractivity contribution in [2.24, 2.45) is 16.7 Å². The van der Waals surface area contributed by atoms with Crippen molar-refractivity contribution >= 4 is 11.9 Å². The predicted molar refractivity (Wildman–Crippen MR) is 96.0 cm³/mol. The van der Waals surface area contributed by atoms with Gasteiger partial charge in [0.05, 0.1) is 12.5 Å². The lowest BCUT2D eigenvalue weighted by Crippen LogP contribution is -2.57. The topological polar surface area (TPSA) is 68.6 Å². The first kappa shape index (κ1) is 17.3. The van der Waals surface area contributed by atoms with Gasteiger partial charge in [-0.05, 0) is 49.1 Å². The molecule has 2 heterocycles. The van der Waals surface area contributed by atoms with Crippen molar-refractivity contribution in [2.75, 3.05) is 20.2 Å². The van der Waals surface area contributed by atoms with Gasteiger partial charge in [-0.15, -0.1) is 0 Å². The largest absolute Gasteiger partial charge is 0.469 e. The number of aromatic nitrogens is 1. The highest BCUT2D eigenvalue weighted by molar-refractivity contribution is 5.96. The molecule has 0 bridgehead atoms. The van der Waals surface area contributed by atoms with E-state index in [4.69, 9.17) is 4.74 Å². The van der Waals surface area contributed by atoms with Crippen LogP contribution in [0.5, 0.6) is 0 Å². The Balaban J connectivity index is 1.67. The van der Waals surface area contributed by atoms with E-state index < -0.39 is 5.41 Å². The molecule has 1 aliphatic heterocycles. The number of pyridine rings is 1. The lowest BCUT2D eigenvalue weighted by atomic mass is 9.48. The molecule has 0 radical (unpaired) electrons. The number of hydrogen-bond donors (Lipinski definition) is 0. The summed E-state index contributed by atoms with van der Waals surface area (Å²) in [6, 6.07) is 2.07. The zero-order chi connectivity index (χ0) is 18.9. The molecule has 3 aliphatic rings. The molecular weight excluding hydrogens is 332 g/mol. The molecule has 6 heteroatoms. The van der Waals surface area contributed by atoms with Crippen molar-refractivity contribution in [2.45, 2.75) is 46.1 Å². The van der Waals surface area contributed by atoms with Gasteiger partial charge in [-0.1, -0.05) is 13.8 Å². The molecule has 0 spiro atoms. The number of fused-ring (bicyclic) bond motifs is 1. The van der Waals surface area contributed by atoms with Crippen LogP contribution in [0.2, 0.25) is 0 Å². The molecule has 26 heavy (non-hydrogen) atoms. The highest BCUT2D eigenvalue weighted by Crippen LogP contribution is 2.63. The molecule has 1 aromatic heterocycles. The van der Waals surface area contributed by atoms with E-state index in [-0.39, 0.29) is 40.4 Å². The maximum atomic E-state index is 13.2. The number of carbonyl (C=O) groups is 2. The smallest absolute Gasteiger partial charge is 0.314 e. The van der Waals surface area contributed by atoms with Crippen LogP contribution in [0.3, 0.4) is 0 Å². The lowest BCUT2D eigenvalue weighted by molar-refractivity contribution is -0.174. The molecule has 2 aliphatic carbocycles. The summed E-state index contributed by atoms with van der Waals surface area (Å²) in [6.45, 7) is 6.89. The molecule has 4 rings (SSSR count). The van der Waals surface area contributed by atoms with Gasteiger partial charge < -0.3 is 14.2 Å². The van der Waals surface area contributed by atoms with Crippen molar-refractivity contribution in [3.63, 3.8) is 0 Å². The van der Waals surface area contributed by atoms with E-state index in [1.165, 1.54) is 7.11 Å². The molecule has 0 aromatic carbocycles. The first-order chi connectivity index (χ1) is 12.2. The molecule has 2 atom stereocenters. The van der Waals surface area contributed by atoms with Crippen LogP contribution in [0.25, 0.3) is 0 Å². The normalized spacial score (nSPS) is 29.1. The predicted octanol–water partition coefficient (Wildman–Crippen LogP) is 2.15.